The molecule has 19 heteroatoms. The average Bonchev–Trinajstić information content (AvgIpc) is 3.19. The van der Waals surface area contributed by atoms with Crippen molar-refractivity contribution in [1.29, 1.82) is 0 Å². The minimum absolute atomic E-state index is 0.0578. The van der Waals surface area contributed by atoms with Gasteiger partial charge in [0.1, 0.15) is 54.9 Å². The third-order valence-corrected chi connectivity index (χ3v) is 9.60. The van der Waals surface area contributed by atoms with Gasteiger partial charge in [0.25, 0.3) is 0 Å². The van der Waals surface area contributed by atoms with Crippen molar-refractivity contribution in [3.63, 3.8) is 0 Å². The SMILES string of the molecule is COc1cc(CCO[C@@H]2O[C@H](CO)[C@@H](OC(=O)/C=C/c3ccc(OC)c(OC)c3)[C@H](O[C@@H]3O[C@@H](C)[C@H](O)[C@@H](O)[C@H]3O[C@@H]3OC[C@@H](O)[C@@H](O)[C@@H]3O)[C@H]2O)ccc1O. The molecular formula is C37H50O19. The zero-order valence-corrected chi connectivity index (χ0v) is 31.1. The molecule has 3 saturated heterocycles. The van der Waals surface area contributed by atoms with Gasteiger partial charge in [-0.3, -0.25) is 0 Å². The summed E-state index contributed by atoms with van der Waals surface area (Å²) in [6.07, 6.45) is -19.4. The number of ether oxygens (including phenoxy) is 10. The van der Waals surface area contributed by atoms with Crippen LogP contribution in [0.2, 0.25) is 0 Å². The number of hydrogen-bond acceptors (Lipinski definition) is 19. The third kappa shape index (κ3) is 10.1. The smallest absolute Gasteiger partial charge is 0.331 e. The molecule has 3 fully saturated rings. The molecule has 0 amide bonds. The normalized spacial score (nSPS) is 34.9. The summed E-state index contributed by atoms with van der Waals surface area (Å²) in [7, 11) is 4.33. The van der Waals surface area contributed by atoms with E-state index in [1.165, 1.54) is 40.4 Å². The van der Waals surface area contributed by atoms with Crippen LogP contribution in [0.25, 0.3) is 6.08 Å². The van der Waals surface area contributed by atoms with Crippen LogP contribution in [-0.4, -0.2) is 174 Å². The molecule has 0 aromatic heterocycles. The average molecular weight is 799 g/mol. The van der Waals surface area contributed by atoms with Crippen LogP contribution >= 0.6 is 0 Å². The van der Waals surface area contributed by atoms with E-state index >= 15 is 0 Å². The number of aliphatic hydroxyl groups excluding tert-OH is 7. The number of aromatic hydroxyl groups is 1. The van der Waals surface area contributed by atoms with E-state index in [0.29, 0.717) is 22.6 Å². The van der Waals surface area contributed by atoms with Crippen molar-refractivity contribution in [1.82, 2.24) is 0 Å². The van der Waals surface area contributed by atoms with E-state index in [4.69, 9.17) is 47.4 Å². The van der Waals surface area contributed by atoms with Gasteiger partial charge in [-0.1, -0.05) is 12.1 Å². The number of rotatable bonds is 15. The van der Waals surface area contributed by atoms with Gasteiger partial charge >= 0.3 is 5.97 Å². The maximum atomic E-state index is 13.3. The first-order chi connectivity index (χ1) is 26.8. The summed E-state index contributed by atoms with van der Waals surface area (Å²) in [5.74, 6) is 0.0892. The molecule has 0 unspecified atom stereocenters. The lowest BCUT2D eigenvalue weighted by Gasteiger charge is -2.48. The highest BCUT2D eigenvalue weighted by Gasteiger charge is 2.54. The lowest BCUT2D eigenvalue weighted by molar-refractivity contribution is -0.381. The number of benzene rings is 2. The number of phenolic OH excluding ortho intramolecular Hbond substituents is 1. The first-order valence-corrected chi connectivity index (χ1v) is 17.8. The van der Waals surface area contributed by atoms with Gasteiger partial charge in [-0.25, -0.2) is 4.79 Å². The maximum Gasteiger partial charge on any atom is 0.331 e. The van der Waals surface area contributed by atoms with E-state index in [1.807, 2.05) is 0 Å². The Bertz CT molecular complexity index is 1610. The largest absolute Gasteiger partial charge is 0.504 e. The highest BCUT2D eigenvalue weighted by Crippen LogP contribution is 2.34. The Balaban J connectivity index is 1.40. The first kappa shape index (κ1) is 43.5. The Morgan fingerprint density at radius 1 is 0.768 bits per heavy atom. The second kappa shape index (κ2) is 19.7. The number of phenols is 1. The van der Waals surface area contributed by atoms with Crippen molar-refractivity contribution in [3.05, 3.63) is 53.6 Å². The van der Waals surface area contributed by atoms with Gasteiger partial charge in [0.05, 0.1) is 47.3 Å². The van der Waals surface area contributed by atoms with Crippen molar-refractivity contribution in [2.45, 2.75) is 99.4 Å². The molecule has 19 nitrogen and oxygen atoms in total. The topological polar surface area (TPSA) is 271 Å². The monoisotopic (exact) mass is 798 g/mol. The molecular weight excluding hydrogens is 748 g/mol. The number of carbonyl (C=O) groups is 1. The van der Waals surface area contributed by atoms with Crippen LogP contribution in [0.4, 0.5) is 0 Å². The zero-order valence-electron chi connectivity index (χ0n) is 31.1. The summed E-state index contributed by atoms with van der Waals surface area (Å²) >= 11 is 0. The zero-order chi connectivity index (χ0) is 40.7. The Morgan fingerprint density at radius 2 is 1.48 bits per heavy atom. The van der Waals surface area contributed by atoms with E-state index in [0.717, 1.165) is 6.08 Å². The standard InChI is InChI=1S/C37H50O19/c1-17-27(42)29(44)34(56-35-30(45)28(43)21(40)16-51-35)37(52-17)55-33-31(46)36(50-12-11-19-5-8-20(39)23(13-19)48-3)53-25(15-38)32(33)54-26(41)10-7-18-6-9-22(47-2)24(14-18)49-4/h5-10,13-14,17,21,25,27-40,42-46H,11-12,15-16H2,1-4H3/b10-7+/t17-,21+,25+,27-,28+,29+,30-,31+,32+,33+,34+,35-,36+,37-/m0/s1. The van der Waals surface area contributed by atoms with E-state index < -0.39 is 105 Å². The van der Waals surface area contributed by atoms with Crippen LogP contribution in [0.15, 0.2) is 42.5 Å². The molecule has 2 aromatic carbocycles. The number of aliphatic hydroxyl groups is 7. The number of esters is 1. The Hall–Kier alpha value is -3.67. The number of hydrogen-bond donors (Lipinski definition) is 8. The molecule has 3 heterocycles. The van der Waals surface area contributed by atoms with E-state index in [-0.39, 0.29) is 24.5 Å². The molecule has 5 rings (SSSR count). The molecule has 312 valence electrons. The van der Waals surface area contributed by atoms with Gasteiger partial charge in [-0.05, 0) is 54.8 Å². The highest BCUT2D eigenvalue weighted by molar-refractivity contribution is 5.87. The van der Waals surface area contributed by atoms with Crippen molar-refractivity contribution in [2.75, 3.05) is 41.2 Å². The third-order valence-electron chi connectivity index (χ3n) is 9.60. The molecule has 3 aliphatic heterocycles. The van der Waals surface area contributed by atoms with Crippen LogP contribution in [0.5, 0.6) is 23.0 Å². The first-order valence-electron chi connectivity index (χ1n) is 17.8. The van der Waals surface area contributed by atoms with Crippen LogP contribution in [0, 0.1) is 0 Å². The predicted octanol–water partition coefficient (Wildman–Crippen LogP) is -1.64. The fourth-order valence-electron chi connectivity index (χ4n) is 6.41. The summed E-state index contributed by atoms with van der Waals surface area (Å²) in [5.41, 5.74) is 1.24. The minimum Gasteiger partial charge on any atom is -0.504 e. The molecule has 0 saturated carbocycles. The molecule has 14 atom stereocenters. The van der Waals surface area contributed by atoms with Gasteiger partial charge in [0.15, 0.2) is 48.0 Å². The van der Waals surface area contributed by atoms with Crippen LogP contribution in [0.1, 0.15) is 18.1 Å². The molecule has 0 radical (unpaired) electrons. The Labute approximate surface area is 322 Å². The molecule has 3 aliphatic rings. The second-order valence-electron chi connectivity index (χ2n) is 13.3. The van der Waals surface area contributed by atoms with Crippen molar-refractivity contribution in [2.24, 2.45) is 0 Å². The second-order valence-corrected chi connectivity index (χ2v) is 13.3. The number of methoxy groups -OCH3 is 3. The fraction of sp³-hybridized carbons (Fsp3) is 0.595. The van der Waals surface area contributed by atoms with Gasteiger partial charge in [-0.15, -0.1) is 0 Å². The summed E-state index contributed by atoms with van der Waals surface area (Å²) in [6, 6.07) is 9.58. The maximum absolute atomic E-state index is 13.3. The summed E-state index contributed by atoms with van der Waals surface area (Å²) in [4.78, 5) is 13.3. The fourth-order valence-corrected chi connectivity index (χ4v) is 6.41. The molecule has 2 aromatic rings. The van der Waals surface area contributed by atoms with Crippen LogP contribution in [0.3, 0.4) is 0 Å². The minimum atomic E-state index is -1.80. The lowest BCUT2D eigenvalue weighted by Crippen LogP contribution is -2.66. The van der Waals surface area contributed by atoms with Gasteiger partial charge in [0.2, 0.25) is 0 Å². The van der Waals surface area contributed by atoms with E-state index in [2.05, 4.69) is 0 Å². The summed E-state index contributed by atoms with van der Waals surface area (Å²) in [6.45, 7) is 0.158. The Morgan fingerprint density at radius 3 is 2.18 bits per heavy atom. The van der Waals surface area contributed by atoms with Crippen molar-refractivity contribution < 1.29 is 93.0 Å². The quantitative estimate of drug-likeness (QED) is 0.0741. The molecule has 56 heavy (non-hydrogen) atoms. The number of carbonyl (C=O) groups excluding carboxylic acids is 1. The molecule has 0 bridgehead atoms. The summed E-state index contributed by atoms with van der Waals surface area (Å²) in [5, 5.41) is 84.6. The van der Waals surface area contributed by atoms with Crippen molar-refractivity contribution in [3.8, 4) is 23.0 Å². The molecule has 0 spiro atoms. The van der Waals surface area contributed by atoms with Gasteiger partial charge in [0, 0.05) is 6.08 Å². The molecule has 0 aliphatic carbocycles. The van der Waals surface area contributed by atoms with Gasteiger partial charge < -0.3 is 88.2 Å². The lowest BCUT2D eigenvalue weighted by atomic mass is 9.96. The van der Waals surface area contributed by atoms with Crippen molar-refractivity contribution >= 4 is 12.0 Å². The molecule has 8 N–H and O–H groups in total. The van der Waals surface area contributed by atoms with E-state index in [9.17, 15) is 45.6 Å². The predicted molar refractivity (Wildman–Crippen MR) is 188 cm³/mol. The summed E-state index contributed by atoms with van der Waals surface area (Å²) < 4.78 is 56.4. The Kier molecular flexibility index (Phi) is 15.3. The van der Waals surface area contributed by atoms with Crippen LogP contribution in [-0.2, 0) is 44.4 Å². The van der Waals surface area contributed by atoms with Gasteiger partial charge in [-0.2, -0.15) is 0 Å². The van der Waals surface area contributed by atoms with E-state index in [1.54, 1.807) is 30.3 Å². The highest BCUT2D eigenvalue weighted by atomic mass is 16.8. The van der Waals surface area contributed by atoms with Crippen LogP contribution < -0.4 is 14.2 Å².